The summed E-state index contributed by atoms with van der Waals surface area (Å²) in [7, 11) is 1.92. The van der Waals surface area contributed by atoms with Crippen molar-refractivity contribution in [2.75, 3.05) is 0 Å². The molecule has 2 aromatic rings. The van der Waals surface area contributed by atoms with Crippen molar-refractivity contribution in [1.29, 1.82) is 0 Å². The lowest BCUT2D eigenvalue weighted by molar-refractivity contribution is 0.130. The number of hydrogen-bond donors (Lipinski definition) is 0. The predicted octanol–water partition coefficient (Wildman–Crippen LogP) is 2.15. The maximum absolute atomic E-state index is 5.71. The zero-order valence-electron chi connectivity index (χ0n) is 9.48. The van der Waals surface area contributed by atoms with Crippen LogP contribution >= 0.6 is 0 Å². The van der Waals surface area contributed by atoms with Crippen molar-refractivity contribution in [3.63, 3.8) is 0 Å². The number of aryl methyl sites for hydroxylation is 1. The lowest BCUT2D eigenvalue weighted by Crippen LogP contribution is -2.22. The summed E-state index contributed by atoms with van der Waals surface area (Å²) in [5.74, 6) is 0.758. The average molecular weight is 205 g/mol. The first-order valence-electron chi connectivity index (χ1n) is 4.92. The van der Waals surface area contributed by atoms with Crippen LogP contribution in [0.25, 0.3) is 11.2 Å². The van der Waals surface area contributed by atoms with Crippen LogP contribution in [-0.4, -0.2) is 20.1 Å². The van der Waals surface area contributed by atoms with E-state index in [9.17, 15) is 0 Å². The quantitative estimate of drug-likeness (QED) is 0.716. The van der Waals surface area contributed by atoms with E-state index in [4.69, 9.17) is 4.74 Å². The lowest BCUT2D eigenvalue weighted by Gasteiger charge is -2.20. The van der Waals surface area contributed by atoms with Gasteiger partial charge in [0.15, 0.2) is 5.65 Å². The summed E-state index contributed by atoms with van der Waals surface area (Å²) in [6.07, 6.45) is 3.48. The Balaban J connectivity index is 2.39. The highest BCUT2D eigenvalue weighted by Crippen LogP contribution is 2.20. The minimum absolute atomic E-state index is 0.204. The van der Waals surface area contributed by atoms with Crippen LogP contribution in [0.15, 0.2) is 18.6 Å². The van der Waals surface area contributed by atoms with Gasteiger partial charge in [-0.2, -0.15) is 0 Å². The van der Waals surface area contributed by atoms with Crippen molar-refractivity contribution in [3.8, 4) is 5.75 Å². The van der Waals surface area contributed by atoms with E-state index in [-0.39, 0.29) is 5.60 Å². The van der Waals surface area contributed by atoms with Gasteiger partial charge in [0.05, 0.1) is 12.5 Å². The van der Waals surface area contributed by atoms with Crippen LogP contribution in [0.2, 0.25) is 0 Å². The highest BCUT2D eigenvalue weighted by atomic mass is 16.5. The van der Waals surface area contributed by atoms with Crippen LogP contribution in [0.4, 0.5) is 0 Å². The molecule has 0 aliphatic rings. The molecule has 4 heteroatoms. The van der Waals surface area contributed by atoms with Crippen LogP contribution in [0.5, 0.6) is 5.75 Å². The minimum Gasteiger partial charge on any atom is -0.486 e. The molecule has 0 aromatic carbocycles. The number of fused-ring (bicyclic) bond motifs is 1. The monoisotopic (exact) mass is 205 g/mol. The lowest BCUT2D eigenvalue weighted by atomic mass is 10.2. The van der Waals surface area contributed by atoms with E-state index < -0.39 is 0 Å². The van der Waals surface area contributed by atoms with Gasteiger partial charge in [0.25, 0.3) is 0 Å². The molecule has 80 valence electrons. The summed E-state index contributed by atoms with van der Waals surface area (Å²) in [5.41, 5.74) is 1.53. The first kappa shape index (κ1) is 9.96. The number of hydrogen-bond acceptors (Lipinski definition) is 3. The van der Waals surface area contributed by atoms with Crippen molar-refractivity contribution >= 4 is 11.2 Å². The van der Waals surface area contributed by atoms with Gasteiger partial charge in [-0.05, 0) is 20.8 Å². The van der Waals surface area contributed by atoms with Crippen LogP contribution in [0.3, 0.4) is 0 Å². The molecule has 0 fully saturated rings. The van der Waals surface area contributed by atoms with Gasteiger partial charge >= 0.3 is 0 Å². The third kappa shape index (κ3) is 2.09. The molecular formula is C11H15N3O. The summed E-state index contributed by atoms with van der Waals surface area (Å²) >= 11 is 0. The van der Waals surface area contributed by atoms with E-state index in [1.807, 2.05) is 38.5 Å². The highest BCUT2D eigenvalue weighted by molar-refractivity contribution is 5.71. The van der Waals surface area contributed by atoms with Crippen molar-refractivity contribution < 1.29 is 4.74 Å². The molecule has 2 rings (SSSR count). The molecule has 0 spiro atoms. The number of aromatic nitrogens is 3. The van der Waals surface area contributed by atoms with Gasteiger partial charge in [0.1, 0.15) is 16.9 Å². The third-order valence-corrected chi connectivity index (χ3v) is 1.95. The van der Waals surface area contributed by atoms with E-state index in [2.05, 4.69) is 9.97 Å². The molecule has 0 saturated carbocycles. The molecule has 0 saturated heterocycles. The maximum Gasteiger partial charge on any atom is 0.159 e. The topological polar surface area (TPSA) is 39.9 Å². The largest absolute Gasteiger partial charge is 0.486 e. The Morgan fingerprint density at radius 3 is 2.67 bits per heavy atom. The van der Waals surface area contributed by atoms with Gasteiger partial charge in [-0.15, -0.1) is 0 Å². The Kier molecular flexibility index (Phi) is 2.14. The predicted molar refractivity (Wildman–Crippen MR) is 58.9 cm³/mol. The van der Waals surface area contributed by atoms with E-state index >= 15 is 0 Å². The summed E-state index contributed by atoms with van der Waals surface area (Å²) in [6.45, 7) is 6.03. The third-order valence-electron chi connectivity index (χ3n) is 1.95. The number of ether oxygens (including phenoxy) is 1. The van der Waals surface area contributed by atoms with Crippen molar-refractivity contribution in [1.82, 2.24) is 14.5 Å². The van der Waals surface area contributed by atoms with Crippen LogP contribution in [0.1, 0.15) is 20.8 Å². The maximum atomic E-state index is 5.71. The van der Waals surface area contributed by atoms with Crippen LogP contribution in [0, 0.1) is 0 Å². The molecule has 4 nitrogen and oxygen atoms in total. The molecule has 0 radical (unpaired) electrons. The number of imidazole rings is 1. The van der Waals surface area contributed by atoms with E-state index in [0.717, 1.165) is 16.9 Å². The fourth-order valence-corrected chi connectivity index (χ4v) is 1.41. The van der Waals surface area contributed by atoms with E-state index in [1.165, 1.54) is 0 Å². The van der Waals surface area contributed by atoms with Crippen LogP contribution < -0.4 is 4.74 Å². The molecular weight excluding hydrogens is 190 g/mol. The Labute approximate surface area is 88.9 Å². The van der Waals surface area contributed by atoms with E-state index in [0.29, 0.717) is 0 Å². The van der Waals surface area contributed by atoms with Crippen molar-refractivity contribution in [2.45, 2.75) is 26.4 Å². The molecule has 0 unspecified atom stereocenters. The van der Waals surface area contributed by atoms with Crippen molar-refractivity contribution in [2.24, 2.45) is 7.05 Å². The number of nitrogens with zero attached hydrogens (tertiary/aromatic N) is 3. The van der Waals surface area contributed by atoms with Gasteiger partial charge in [-0.3, -0.25) is 0 Å². The number of rotatable bonds is 1. The summed E-state index contributed by atoms with van der Waals surface area (Å²) < 4.78 is 7.59. The zero-order valence-corrected chi connectivity index (χ0v) is 9.48. The molecule has 0 N–H and O–H groups in total. The molecule has 0 atom stereocenters. The van der Waals surface area contributed by atoms with Gasteiger partial charge in [0.2, 0.25) is 0 Å². The zero-order chi connectivity index (χ0) is 11.1. The standard InChI is InChI=1S/C11H15N3O/c1-11(2,3)15-8-5-9-10(12-6-8)14(4)7-13-9/h5-7H,1-4H3. The molecule has 2 heterocycles. The second kappa shape index (κ2) is 3.22. The molecule has 0 bridgehead atoms. The van der Waals surface area contributed by atoms with Gasteiger partial charge in [0, 0.05) is 13.1 Å². The number of pyridine rings is 1. The Morgan fingerprint density at radius 1 is 1.27 bits per heavy atom. The van der Waals surface area contributed by atoms with Gasteiger partial charge in [-0.25, -0.2) is 9.97 Å². The summed E-state index contributed by atoms with van der Waals surface area (Å²) in [6, 6.07) is 1.91. The van der Waals surface area contributed by atoms with E-state index in [1.54, 1.807) is 12.5 Å². The first-order valence-corrected chi connectivity index (χ1v) is 4.92. The van der Waals surface area contributed by atoms with Gasteiger partial charge in [-0.1, -0.05) is 0 Å². The SMILES string of the molecule is Cn1cnc2cc(OC(C)(C)C)cnc21. The molecule has 0 aliphatic carbocycles. The summed E-state index contributed by atoms with van der Waals surface area (Å²) in [5, 5.41) is 0. The Bertz CT molecular complexity index is 482. The smallest absolute Gasteiger partial charge is 0.159 e. The van der Waals surface area contributed by atoms with Gasteiger partial charge < -0.3 is 9.30 Å². The van der Waals surface area contributed by atoms with Crippen molar-refractivity contribution in [3.05, 3.63) is 18.6 Å². The average Bonchev–Trinajstić information content (AvgIpc) is 2.45. The molecule has 15 heavy (non-hydrogen) atoms. The molecule has 0 aliphatic heterocycles. The fourth-order valence-electron chi connectivity index (χ4n) is 1.41. The Hall–Kier alpha value is -1.58. The molecule has 0 amide bonds. The van der Waals surface area contributed by atoms with Crippen LogP contribution in [-0.2, 0) is 7.05 Å². The second-order valence-corrected chi connectivity index (χ2v) is 4.58. The summed E-state index contributed by atoms with van der Waals surface area (Å²) in [4.78, 5) is 8.53. The molecule has 2 aromatic heterocycles. The fraction of sp³-hybridized carbons (Fsp3) is 0.455. The highest BCUT2D eigenvalue weighted by Gasteiger charge is 2.12. The minimum atomic E-state index is -0.204. The Morgan fingerprint density at radius 2 is 2.00 bits per heavy atom. The normalized spacial score (nSPS) is 12.0. The second-order valence-electron chi connectivity index (χ2n) is 4.58. The first-order chi connectivity index (χ1) is 6.96.